The lowest BCUT2D eigenvalue weighted by Gasteiger charge is -2.05. The van der Waals surface area contributed by atoms with Crippen molar-refractivity contribution in [3.63, 3.8) is 0 Å². The van der Waals surface area contributed by atoms with Crippen molar-refractivity contribution in [2.24, 2.45) is 0 Å². The van der Waals surface area contributed by atoms with Crippen molar-refractivity contribution in [3.8, 4) is 6.07 Å². The predicted molar refractivity (Wildman–Crippen MR) is 74.6 cm³/mol. The maximum absolute atomic E-state index is 11.5. The third kappa shape index (κ3) is 6.90. The van der Waals surface area contributed by atoms with Gasteiger partial charge in [0.15, 0.2) is 9.84 Å². The number of rotatable bonds is 8. The highest BCUT2D eigenvalue weighted by molar-refractivity contribution is 7.92. The van der Waals surface area contributed by atoms with Gasteiger partial charge in [-0.1, -0.05) is 30.3 Å². The number of carbonyl (C=O) groups excluding carboxylic acids is 1. The van der Waals surface area contributed by atoms with Crippen LogP contribution in [0.1, 0.15) is 18.4 Å². The summed E-state index contributed by atoms with van der Waals surface area (Å²) in [5.74, 6) is -1.51. The van der Waals surface area contributed by atoms with Gasteiger partial charge >= 0.3 is 5.97 Å². The summed E-state index contributed by atoms with van der Waals surface area (Å²) in [6, 6.07) is 11.3. The minimum absolute atomic E-state index is 0.158. The fourth-order valence-electron chi connectivity index (χ4n) is 1.59. The summed E-state index contributed by atoms with van der Waals surface area (Å²) in [5.41, 5.74) is 1.03. The van der Waals surface area contributed by atoms with Gasteiger partial charge in [0.1, 0.15) is 5.75 Å². The van der Waals surface area contributed by atoms with Crippen molar-refractivity contribution in [2.75, 3.05) is 18.1 Å². The fraction of sp³-hybridized carbons (Fsp3) is 0.429. The number of ether oxygens (including phenoxy) is 1. The maximum Gasteiger partial charge on any atom is 0.321 e. The second kappa shape index (κ2) is 8.33. The van der Waals surface area contributed by atoms with Crippen LogP contribution in [0.2, 0.25) is 0 Å². The summed E-state index contributed by atoms with van der Waals surface area (Å²) in [4.78, 5) is 11.4. The smallest absolute Gasteiger partial charge is 0.321 e. The Morgan fingerprint density at radius 1 is 1.25 bits per heavy atom. The monoisotopic (exact) mass is 295 g/mol. The topological polar surface area (TPSA) is 84.2 Å². The third-order valence-corrected chi connectivity index (χ3v) is 4.16. The van der Waals surface area contributed by atoms with E-state index in [2.05, 4.69) is 0 Å². The Morgan fingerprint density at radius 3 is 2.60 bits per heavy atom. The molecule has 0 heterocycles. The van der Waals surface area contributed by atoms with Crippen molar-refractivity contribution in [3.05, 3.63) is 35.9 Å². The summed E-state index contributed by atoms with van der Waals surface area (Å²) in [5, 5.41) is 8.33. The molecule has 0 aromatic heterocycles. The van der Waals surface area contributed by atoms with Crippen molar-refractivity contribution in [1.82, 2.24) is 0 Å². The Bertz CT molecular complexity index is 561. The van der Waals surface area contributed by atoms with Gasteiger partial charge in [-0.3, -0.25) is 4.79 Å². The van der Waals surface area contributed by atoms with Gasteiger partial charge in [0.25, 0.3) is 0 Å². The summed E-state index contributed by atoms with van der Waals surface area (Å²) >= 11 is 0. The first kappa shape index (κ1) is 16.2. The van der Waals surface area contributed by atoms with Crippen LogP contribution >= 0.6 is 0 Å². The van der Waals surface area contributed by atoms with Gasteiger partial charge in [0.05, 0.1) is 18.4 Å². The zero-order valence-corrected chi connectivity index (χ0v) is 11.9. The second-order valence-electron chi connectivity index (χ2n) is 4.31. The van der Waals surface area contributed by atoms with Crippen LogP contribution in [-0.4, -0.2) is 32.5 Å². The number of esters is 1. The first-order valence-electron chi connectivity index (χ1n) is 6.30. The highest BCUT2D eigenvalue weighted by Gasteiger charge is 2.17. The molecule has 0 saturated carbocycles. The van der Waals surface area contributed by atoms with Crippen molar-refractivity contribution < 1.29 is 17.9 Å². The molecule has 0 radical (unpaired) electrons. The largest absolute Gasteiger partial charge is 0.465 e. The minimum Gasteiger partial charge on any atom is -0.465 e. The number of hydrogen-bond acceptors (Lipinski definition) is 5. The molecule has 1 aromatic carbocycles. The average molecular weight is 295 g/mol. The summed E-state index contributed by atoms with van der Waals surface area (Å²) in [7, 11) is -3.47. The maximum atomic E-state index is 11.5. The quantitative estimate of drug-likeness (QED) is 0.536. The van der Waals surface area contributed by atoms with Crippen LogP contribution < -0.4 is 0 Å². The van der Waals surface area contributed by atoms with Crippen LogP contribution in [0.15, 0.2) is 30.3 Å². The molecule has 0 N–H and O–H groups in total. The number of nitrogens with zero attached hydrogens (tertiary/aromatic N) is 1. The Labute approximate surface area is 119 Å². The molecule has 5 nitrogen and oxygen atoms in total. The molecule has 1 rings (SSSR count). The van der Waals surface area contributed by atoms with E-state index in [1.54, 1.807) is 0 Å². The van der Waals surface area contributed by atoms with Crippen molar-refractivity contribution in [1.29, 1.82) is 5.26 Å². The van der Waals surface area contributed by atoms with Crippen LogP contribution in [-0.2, 0) is 25.8 Å². The van der Waals surface area contributed by atoms with Gasteiger partial charge in [0.2, 0.25) is 0 Å². The van der Waals surface area contributed by atoms with Gasteiger partial charge in [-0.15, -0.1) is 0 Å². The van der Waals surface area contributed by atoms with E-state index in [-0.39, 0.29) is 25.2 Å². The molecule has 108 valence electrons. The van der Waals surface area contributed by atoms with E-state index in [1.165, 1.54) is 0 Å². The number of carbonyl (C=O) groups is 1. The lowest BCUT2D eigenvalue weighted by molar-refractivity contribution is -0.140. The number of nitriles is 1. The van der Waals surface area contributed by atoms with Gasteiger partial charge in [-0.05, 0) is 12.0 Å². The number of sulfone groups is 1. The zero-order chi connectivity index (χ0) is 14.8. The van der Waals surface area contributed by atoms with Gasteiger partial charge in [-0.2, -0.15) is 5.26 Å². The first-order valence-corrected chi connectivity index (χ1v) is 8.12. The highest BCUT2D eigenvalue weighted by Crippen LogP contribution is 2.01. The van der Waals surface area contributed by atoms with Crippen LogP contribution in [0.5, 0.6) is 0 Å². The number of unbranched alkanes of at least 4 members (excludes halogenated alkanes) is 1. The molecule has 0 saturated heterocycles. The number of benzene rings is 1. The van der Waals surface area contributed by atoms with Crippen LogP contribution in [0.4, 0.5) is 0 Å². The molecule has 0 unspecified atom stereocenters. The molecule has 20 heavy (non-hydrogen) atoms. The van der Waals surface area contributed by atoms with Gasteiger partial charge in [-0.25, -0.2) is 8.42 Å². The van der Waals surface area contributed by atoms with Gasteiger partial charge in [0, 0.05) is 12.8 Å². The summed E-state index contributed by atoms with van der Waals surface area (Å²) in [6.45, 7) is 0.163. The fourth-order valence-corrected chi connectivity index (χ4v) is 2.76. The molecule has 0 bridgehead atoms. The molecule has 0 atom stereocenters. The van der Waals surface area contributed by atoms with E-state index in [0.717, 1.165) is 5.56 Å². The van der Waals surface area contributed by atoms with E-state index < -0.39 is 21.6 Å². The van der Waals surface area contributed by atoms with E-state index in [4.69, 9.17) is 10.00 Å². The SMILES string of the molecule is N#CCCCS(=O)(=O)CC(=O)OCCc1ccccc1. The Hall–Kier alpha value is -1.87. The van der Waals surface area contributed by atoms with Crippen molar-refractivity contribution >= 4 is 15.8 Å². The standard InChI is InChI=1S/C14H17NO4S/c15-9-4-5-11-20(17,18)12-14(16)19-10-8-13-6-2-1-3-7-13/h1-3,6-7H,4-5,8,10-12H2. The molecule has 0 amide bonds. The van der Waals surface area contributed by atoms with E-state index >= 15 is 0 Å². The highest BCUT2D eigenvalue weighted by atomic mass is 32.2. The first-order chi connectivity index (χ1) is 9.53. The van der Waals surface area contributed by atoms with E-state index in [9.17, 15) is 13.2 Å². The van der Waals surface area contributed by atoms with Crippen LogP contribution in [0, 0.1) is 11.3 Å². The molecular weight excluding hydrogens is 278 g/mol. The molecule has 0 aliphatic heterocycles. The minimum atomic E-state index is -3.47. The Balaban J connectivity index is 2.28. The van der Waals surface area contributed by atoms with Gasteiger partial charge < -0.3 is 4.74 Å². The molecule has 0 fully saturated rings. The summed E-state index contributed by atoms with van der Waals surface area (Å²) in [6.07, 6.45) is 0.972. The van der Waals surface area contributed by atoms with Crippen molar-refractivity contribution in [2.45, 2.75) is 19.3 Å². The van der Waals surface area contributed by atoms with E-state index in [0.29, 0.717) is 6.42 Å². The summed E-state index contributed by atoms with van der Waals surface area (Å²) < 4.78 is 28.0. The molecule has 6 heteroatoms. The predicted octanol–water partition coefficient (Wildman–Crippen LogP) is 1.49. The molecule has 0 aliphatic rings. The Kier molecular flexibility index (Phi) is 6.74. The lowest BCUT2D eigenvalue weighted by atomic mass is 10.2. The van der Waals surface area contributed by atoms with E-state index in [1.807, 2.05) is 36.4 Å². The third-order valence-electron chi connectivity index (χ3n) is 2.58. The normalized spacial score (nSPS) is 10.8. The Morgan fingerprint density at radius 2 is 1.95 bits per heavy atom. The zero-order valence-electron chi connectivity index (χ0n) is 11.1. The number of hydrogen-bond donors (Lipinski definition) is 0. The van der Waals surface area contributed by atoms with Crippen LogP contribution in [0.3, 0.4) is 0 Å². The molecule has 1 aromatic rings. The molecule has 0 spiro atoms. The van der Waals surface area contributed by atoms with Crippen LogP contribution in [0.25, 0.3) is 0 Å². The molecular formula is C14H17NO4S. The lowest BCUT2D eigenvalue weighted by Crippen LogP contribution is -2.21. The molecule has 0 aliphatic carbocycles. The average Bonchev–Trinajstić information content (AvgIpc) is 2.39. The second-order valence-corrected chi connectivity index (χ2v) is 6.49.